The molecule has 0 aliphatic heterocycles. The van der Waals surface area contributed by atoms with Crippen LogP contribution in [-0.2, 0) is 0 Å². The van der Waals surface area contributed by atoms with Gasteiger partial charge >= 0.3 is 65.1 Å². The molecule has 2 radical (unpaired) electrons. The Labute approximate surface area is 65.0 Å². The van der Waals surface area contributed by atoms with Crippen LogP contribution in [0, 0.1) is 11.3 Å². The molecule has 3 heteroatoms. The molecule has 1 nitrogen and oxygen atoms in total. The van der Waals surface area contributed by atoms with E-state index in [9.17, 15) is 0 Å². The van der Waals surface area contributed by atoms with Crippen molar-refractivity contribution in [3.8, 4) is 6.07 Å². The standard InChI is InChI=1S/C5H2NS.Sn.H/c6-4-5-2-1-3-7-5;;/h2-3H;;. The monoisotopic (exact) mass is 229 g/mol. The van der Waals surface area contributed by atoms with E-state index < -0.39 is 0 Å². The average molecular weight is 228 g/mol. The van der Waals surface area contributed by atoms with Gasteiger partial charge in [0.1, 0.15) is 0 Å². The summed E-state index contributed by atoms with van der Waals surface area (Å²) in [4.78, 5) is 0.826. The van der Waals surface area contributed by atoms with E-state index in [1.54, 1.807) is 0 Å². The van der Waals surface area contributed by atoms with Crippen molar-refractivity contribution in [1.82, 2.24) is 0 Å². The Morgan fingerprint density at radius 2 is 2.50 bits per heavy atom. The van der Waals surface area contributed by atoms with Gasteiger partial charge in [0, 0.05) is 0 Å². The van der Waals surface area contributed by atoms with Crippen LogP contribution in [0.4, 0.5) is 0 Å². The van der Waals surface area contributed by atoms with Gasteiger partial charge in [-0.25, -0.2) is 0 Å². The van der Waals surface area contributed by atoms with E-state index in [0.717, 1.165) is 27.4 Å². The predicted octanol–water partition coefficient (Wildman–Crippen LogP) is 0.146. The zero-order valence-electron chi connectivity index (χ0n) is 4.09. The molecule has 0 bridgehead atoms. The quantitative estimate of drug-likeness (QED) is 0.579. The van der Waals surface area contributed by atoms with Crippen molar-refractivity contribution in [3.05, 3.63) is 16.3 Å². The fraction of sp³-hybridized carbons (Fsp3) is 0. The Kier molecular flexibility index (Phi) is 1.92. The van der Waals surface area contributed by atoms with Crippen molar-refractivity contribution < 1.29 is 0 Å². The second kappa shape index (κ2) is 2.51. The second-order valence-corrected chi connectivity index (χ2v) is 4.17. The third-order valence-electron chi connectivity index (χ3n) is 0.730. The summed E-state index contributed by atoms with van der Waals surface area (Å²) in [6.07, 6.45) is 0. The summed E-state index contributed by atoms with van der Waals surface area (Å²) in [5.74, 6) is 0. The summed E-state index contributed by atoms with van der Waals surface area (Å²) >= 11 is 2.64. The molecule has 0 N–H and O–H groups in total. The summed E-state index contributed by atoms with van der Waals surface area (Å²) in [7, 11) is 0. The fourth-order valence-corrected chi connectivity index (χ4v) is 2.40. The number of thiophene rings is 1. The molecule has 0 spiro atoms. The van der Waals surface area contributed by atoms with Crippen molar-refractivity contribution in [2.45, 2.75) is 0 Å². The van der Waals surface area contributed by atoms with Crippen LogP contribution in [0.3, 0.4) is 0 Å². The molecule has 0 fully saturated rings. The van der Waals surface area contributed by atoms with Crippen molar-refractivity contribution in [2.24, 2.45) is 0 Å². The Morgan fingerprint density at radius 1 is 1.75 bits per heavy atom. The van der Waals surface area contributed by atoms with Gasteiger partial charge in [-0.3, -0.25) is 0 Å². The van der Waals surface area contributed by atoms with Crippen molar-refractivity contribution >= 4 is 37.4 Å². The zero-order chi connectivity index (χ0) is 5.98. The zero-order valence-corrected chi connectivity index (χ0v) is 8.20. The van der Waals surface area contributed by atoms with E-state index in [1.165, 1.54) is 14.9 Å². The van der Waals surface area contributed by atoms with E-state index in [0.29, 0.717) is 0 Å². The van der Waals surface area contributed by atoms with Crippen LogP contribution in [0.1, 0.15) is 4.88 Å². The first-order valence-electron chi connectivity index (χ1n) is 2.07. The van der Waals surface area contributed by atoms with E-state index in [-0.39, 0.29) is 0 Å². The average Bonchev–Trinajstić information content (AvgIpc) is 2.14. The van der Waals surface area contributed by atoms with Crippen LogP contribution in [0.5, 0.6) is 0 Å². The molecule has 0 atom stereocenters. The van der Waals surface area contributed by atoms with Crippen LogP contribution in [0.2, 0.25) is 0 Å². The number of nitrogens with zero attached hydrogens (tertiary/aromatic N) is 1. The Balaban J connectivity index is 3.05. The molecule has 0 aromatic carbocycles. The number of hydrogen-bond donors (Lipinski definition) is 0. The van der Waals surface area contributed by atoms with Gasteiger partial charge in [0.25, 0.3) is 0 Å². The molecule has 0 unspecified atom stereocenters. The Morgan fingerprint density at radius 3 is 2.75 bits per heavy atom. The first-order valence-corrected chi connectivity index (χ1v) is 4.60. The van der Waals surface area contributed by atoms with Gasteiger partial charge in [-0.05, 0) is 0 Å². The molecule has 0 saturated carbocycles. The van der Waals surface area contributed by atoms with Crippen LogP contribution >= 0.6 is 11.3 Å². The van der Waals surface area contributed by atoms with Crippen molar-refractivity contribution in [3.63, 3.8) is 0 Å². The Bertz CT molecular complexity index is 223. The first-order chi connectivity index (χ1) is 3.83. The third kappa shape index (κ3) is 1.23. The molecule has 0 aliphatic rings. The maximum absolute atomic E-state index is 8.33. The number of nitriles is 1. The molecule has 1 aromatic heterocycles. The fourth-order valence-electron chi connectivity index (χ4n) is 0.410. The molecule has 0 saturated heterocycles. The molecular formula is C5H3NSSn. The van der Waals surface area contributed by atoms with Gasteiger partial charge in [0.15, 0.2) is 0 Å². The molecule has 1 heterocycles. The van der Waals surface area contributed by atoms with E-state index >= 15 is 0 Å². The van der Waals surface area contributed by atoms with Gasteiger partial charge in [-0.15, -0.1) is 0 Å². The first kappa shape index (κ1) is 6.11. The molecule has 1 aromatic rings. The summed E-state index contributed by atoms with van der Waals surface area (Å²) in [5, 5.41) is 10.4. The summed E-state index contributed by atoms with van der Waals surface area (Å²) in [5.41, 5.74) is 0. The third-order valence-corrected chi connectivity index (χ3v) is 3.22. The van der Waals surface area contributed by atoms with Crippen LogP contribution in [0.15, 0.2) is 11.4 Å². The topological polar surface area (TPSA) is 23.8 Å². The number of hydrogen-bond acceptors (Lipinski definition) is 2. The maximum atomic E-state index is 8.33. The molecule has 0 aliphatic carbocycles. The van der Waals surface area contributed by atoms with Gasteiger partial charge < -0.3 is 0 Å². The molecule has 8 heavy (non-hydrogen) atoms. The minimum absolute atomic E-state index is 0.826. The van der Waals surface area contributed by atoms with E-state index in [4.69, 9.17) is 5.26 Å². The molecular weight excluding hydrogens is 225 g/mol. The van der Waals surface area contributed by atoms with Gasteiger partial charge in [-0.2, -0.15) is 0 Å². The molecule has 1 rings (SSSR count). The normalized spacial score (nSPS) is 8.50. The predicted molar refractivity (Wildman–Crippen MR) is 35.8 cm³/mol. The minimum atomic E-state index is 0.826. The van der Waals surface area contributed by atoms with Crippen LogP contribution in [-0.4, -0.2) is 22.5 Å². The van der Waals surface area contributed by atoms with Crippen molar-refractivity contribution in [1.29, 1.82) is 5.26 Å². The summed E-state index contributed by atoms with van der Waals surface area (Å²) in [6, 6.07) is 4.02. The van der Waals surface area contributed by atoms with Gasteiger partial charge in [-0.1, -0.05) is 0 Å². The van der Waals surface area contributed by atoms with Crippen molar-refractivity contribution in [2.75, 3.05) is 0 Å². The van der Waals surface area contributed by atoms with Gasteiger partial charge in [0.2, 0.25) is 0 Å². The molecule has 38 valence electrons. The SMILES string of the molecule is N#Cc1c[c]([SnH])cs1. The van der Waals surface area contributed by atoms with Crippen LogP contribution < -0.4 is 3.58 Å². The van der Waals surface area contributed by atoms with E-state index in [1.807, 2.05) is 11.4 Å². The summed E-state index contributed by atoms with van der Waals surface area (Å²) in [6.45, 7) is 0. The van der Waals surface area contributed by atoms with Crippen LogP contribution in [0.25, 0.3) is 0 Å². The summed E-state index contributed by atoms with van der Waals surface area (Å²) < 4.78 is 1.30. The molecule has 0 amide bonds. The van der Waals surface area contributed by atoms with E-state index in [2.05, 4.69) is 6.07 Å². The van der Waals surface area contributed by atoms with Gasteiger partial charge in [0.05, 0.1) is 0 Å². The number of rotatable bonds is 0. The Hall–Kier alpha value is -0.0113. The second-order valence-electron chi connectivity index (χ2n) is 1.36.